The molecule has 0 saturated heterocycles. The second kappa shape index (κ2) is 7.83. The Morgan fingerprint density at radius 1 is 0.880 bits per heavy atom. The fraction of sp³-hybridized carbons (Fsp3) is 0.300. The van der Waals surface area contributed by atoms with Gasteiger partial charge in [0.1, 0.15) is 11.5 Å². The van der Waals surface area contributed by atoms with Crippen molar-refractivity contribution in [3.05, 3.63) is 54.6 Å². The van der Waals surface area contributed by atoms with Gasteiger partial charge in [0.05, 0.1) is 0 Å². The molecule has 0 aliphatic heterocycles. The summed E-state index contributed by atoms with van der Waals surface area (Å²) in [6, 6.07) is 16.4. The second-order valence-electron chi connectivity index (χ2n) is 6.25. The molecule has 1 N–H and O–H groups in total. The molecule has 1 aliphatic rings. The van der Waals surface area contributed by atoms with Crippen molar-refractivity contribution in [3.63, 3.8) is 0 Å². The van der Waals surface area contributed by atoms with Crippen LogP contribution < -0.4 is 15.2 Å². The summed E-state index contributed by atoms with van der Waals surface area (Å²) in [5.74, 6) is -1.22. The van der Waals surface area contributed by atoms with E-state index < -0.39 is 17.8 Å². The van der Waals surface area contributed by atoms with Crippen LogP contribution in [-0.4, -0.2) is 11.9 Å². The fourth-order valence-corrected chi connectivity index (χ4v) is 3.19. The van der Waals surface area contributed by atoms with Crippen molar-refractivity contribution in [2.45, 2.75) is 25.7 Å². The maximum atomic E-state index is 12.4. The summed E-state index contributed by atoms with van der Waals surface area (Å²) in [6.45, 7) is 0. The maximum Gasteiger partial charge on any atom is 0.228 e. The van der Waals surface area contributed by atoms with Gasteiger partial charge in [-0.05, 0) is 49.2 Å². The van der Waals surface area contributed by atoms with Gasteiger partial charge in [-0.25, -0.2) is 0 Å². The quantitative estimate of drug-likeness (QED) is 0.909. The Hall–Kier alpha value is -2.82. The highest BCUT2D eigenvalue weighted by molar-refractivity contribution is 5.95. The molecule has 2 atom stereocenters. The van der Waals surface area contributed by atoms with E-state index in [-0.39, 0.29) is 5.91 Å². The van der Waals surface area contributed by atoms with E-state index in [9.17, 15) is 14.7 Å². The minimum atomic E-state index is -1.13. The van der Waals surface area contributed by atoms with Gasteiger partial charge < -0.3 is 20.0 Å². The van der Waals surface area contributed by atoms with Crippen molar-refractivity contribution in [2.75, 3.05) is 5.32 Å². The highest BCUT2D eigenvalue weighted by Crippen LogP contribution is 2.31. The van der Waals surface area contributed by atoms with E-state index in [1.54, 1.807) is 24.3 Å². The Labute approximate surface area is 146 Å². The lowest BCUT2D eigenvalue weighted by atomic mass is 9.78. The predicted octanol–water partition coefficient (Wildman–Crippen LogP) is 2.97. The molecule has 3 rings (SSSR count). The van der Waals surface area contributed by atoms with Gasteiger partial charge in [-0.3, -0.25) is 4.79 Å². The summed E-state index contributed by atoms with van der Waals surface area (Å²) in [5, 5.41) is 14.0. The summed E-state index contributed by atoms with van der Waals surface area (Å²) in [6.07, 6.45) is 2.78. The van der Waals surface area contributed by atoms with Crippen LogP contribution in [0.1, 0.15) is 25.7 Å². The van der Waals surface area contributed by atoms with Gasteiger partial charge in [-0.2, -0.15) is 0 Å². The van der Waals surface area contributed by atoms with E-state index in [1.165, 1.54) is 0 Å². The number of anilines is 1. The Morgan fingerprint density at radius 2 is 1.48 bits per heavy atom. The van der Waals surface area contributed by atoms with Gasteiger partial charge >= 0.3 is 0 Å². The molecule has 25 heavy (non-hydrogen) atoms. The highest BCUT2D eigenvalue weighted by Gasteiger charge is 2.31. The van der Waals surface area contributed by atoms with Gasteiger partial charge in [0.15, 0.2) is 0 Å². The van der Waals surface area contributed by atoms with Gasteiger partial charge in [0.2, 0.25) is 5.91 Å². The topological polar surface area (TPSA) is 78.5 Å². The first-order chi connectivity index (χ1) is 12.1. The largest absolute Gasteiger partial charge is 0.550 e. The number of hydrogen-bond acceptors (Lipinski definition) is 4. The SMILES string of the molecule is O=C(Nc1ccc(Oc2ccccc2)cc1)[C@H]1CCCC[C@H]1C(=O)[O-]. The molecule has 2 aromatic carbocycles. The molecule has 0 aromatic heterocycles. The van der Waals surface area contributed by atoms with Crippen LogP contribution in [0.5, 0.6) is 11.5 Å². The minimum Gasteiger partial charge on any atom is -0.550 e. The predicted molar refractivity (Wildman–Crippen MR) is 92.0 cm³/mol. The lowest BCUT2D eigenvalue weighted by Crippen LogP contribution is -2.42. The number of carboxylic acid groups (broad SMARTS) is 1. The lowest BCUT2D eigenvalue weighted by Gasteiger charge is -2.31. The van der Waals surface area contributed by atoms with Crippen LogP contribution in [0, 0.1) is 11.8 Å². The highest BCUT2D eigenvalue weighted by atomic mass is 16.5. The number of ether oxygens (including phenoxy) is 1. The number of carbonyl (C=O) groups is 2. The normalized spacial score (nSPS) is 19.8. The van der Waals surface area contributed by atoms with Crippen molar-refractivity contribution in [2.24, 2.45) is 11.8 Å². The van der Waals surface area contributed by atoms with Crippen molar-refractivity contribution in [3.8, 4) is 11.5 Å². The van der Waals surface area contributed by atoms with Gasteiger partial charge in [0, 0.05) is 23.5 Å². The summed E-state index contributed by atoms with van der Waals surface area (Å²) < 4.78 is 5.70. The average molecular weight is 338 g/mol. The van der Waals surface area contributed by atoms with E-state index in [0.717, 1.165) is 18.6 Å². The lowest BCUT2D eigenvalue weighted by molar-refractivity contribution is -0.313. The molecule has 0 heterocycles. The van der Waals surface area contributed by atoms with Crippen molar-refractivity contribution >= 4 is 17.6 Å². The van der Waals surface area contributed by atoms with Crippen LogP contribution in [0.15, 0.2) is 54.6 Å². The van der Waals surface area contributed by atoms with Gasteiger partial charge in [0.25, 0.3) is 0 Å². The van der Waals surface area contributed by atoms with Gasteiger partial charge in [-0.1, -0.05) is 31.0 Å². The molecule has 1 aliphatic carbocycles. The Kier molecular flexibility index (Phi) is 5.33. The summed E-state index contributed by atoms with van der Waals surface area (Å²) in [4.78, 5) is 23.7. The number of carbonyl (C=O) groups excluding carboxylic acids is 2. The number of nitrogens with one attached hydrogen (secondary N) is 1. The number of para-hydroxylation sites is 1. The minimum absolute atomic E-state index is 0.259. The molecule has 5 heteroatoms. The molecule has 2 aromatic rings. The molecule has 0 unspecified atom stereocenters. The first kappa shape index (κ1) is 17.0. The third-order valence-electron chi connectivity index (χ3n) is 4.51. The monoisotopic (exact) mass is 338 g/mol. The molecule has 0 bridgehead atoms. The molecule has 5 nitrogen and oxygen atoms in total. The zero-order valence-corrected chi connectivity index (χ0v) is 13.8. The van der Waals surface area contributed by atoms with E-state index in [0.29, 0.717) is 24.3 Å². The average Bonchev–Trinajstić information content (AvgIpc) is 2.64. The molecule has 0 radical (unpaired) electrons. The molecular formula is C20H20NO4-. The first-order valence-corrected chi connectivity index (χ1v) is 8.48. The summed E-state index contributed by atoms with van der Waals surface area (Å²) in [7, 11) is 0. The maximum absolute atomic E-state index is 12.4. The zero-order valence-electron chi connectivity index (χ0n) is 13.8. The fourth-order valence-electron chi connectivity index (χ4n) is 3.19. The molecule has 1 saturated carbocycles. The molecule has 130 valence electrons. The number of carboxylic acids is 1. The molecular weight excluding hydrogens is 318 g/mol. The molecule has 1 amide bonds. The van der Waals surface area contributed by atoms with Crippen LogP contribution in [0.4, 0.5) is 5.69 Å². The second-order valence-corrected chi connectivity index (χ2v) is 6.25. The van der Waals surface area contributed by atoms with Crippen LogP contribution >= 0.6 is 0 Å². The van der Waals surface area contributed by atoms with Crippen LogP contribution in [0.2, 0.25) is 0 Å². The smallest absolute Gasteiger partial charge is 0.228 e. The van der Waals surface area contributed by atoms with E-state index in [2.05, 4.69) is 5.32 Å². The third-order valence-corrected chi connectivity index (χ3v) is 4.51. The van der Waals surface area contributed by atoms with Crippen LogP contribution in [-0.2, 0) is 9.59 Å². The van der Waals surface area contributed by atoms with E-state index in [1.807, 2.05) is 30.3 Å². The molecule has 1 fully saturated rings. The Balaban J connectivity index is 1.62. The standard InChI is InChI=1S/C20H21NO4/c22-19(17-8-4-5-9-18(17)20(23)24)21-14-10-12-16(13-11-14)25-15-6-2-1-3-7-15/h1-3,6-7,10-13,17-18H,4-5,8-9H2,(H,21,22)(H,23,24)/p-1/t17-,18+/m0/s1. The number of rotatable bonds is 5. The van der Waals surface area contributed by atoms with Crippen molar-refractivity contribution < 1.29 is 19.4 Å². The van der Waals surface area contributed by atoms with Gasteiger partial charge in [-0.15, -0.1) is 0 Å². The zero-order chi connectivity index (χ0) is 17.6. The van der Waals surface area contributed by atoms with Crippen molar-refractivity contribution in [1.29, 1.82) is 0 Å². The number of aliphatic carboxylic acids is 1. The third kappa shape index (κ3) is 4.38. The first-order valence-electron chi connectivity index (χ1n) is 8.48. The number of hydrogen-bond donors (Lipinski definition) is 1. The van der Waals surface area contributed by atoms with Crippen LogP contribution in [0.3, 0.4) is 0 Å². The summed E-state index contributed by atoms with van der Waals surface area (Å²) >= 11 is 0. The van der Waals surface area contributed by atoms with Crippen molar-refractivity contribution in [1.82, 2.24) is 0 Å². The Morgan fingerprint density at radius 3 is 2.12 bits per heavy atom. The number of amides is 1. The van der Waals surface area contributed by atoms with E-state index in [4.69, 9.17) is 4.74 Å². The molecule has 0 spiro atoms. The Bertz CT molecular complexity index is 727. The van der Waals surface area contributed by atoms with Crippen LogP contribution in [0.25, 0.3) is 0 Å². The summed E-state index contributed by atoms with van der Waals surface area (Å²) in [5.41, 5.74) is 0.619. The van der Waals surface area contributed by atoms with E-state index >= 15 is 0 Å². The number of benzene rings is 2.